The van der Waals surface area contributed by atoms with E-state index in [-0.39, 0.29) is 19.1 Å². The van der Waals surface area contributed by atoms with Crippen molar-refractivity contribution in [1.82, 2.24) is 10.6 Å². The first kappa shape index (κ1) is 12.4. The molecule has 0 radical (unpaired) electrons. The number of amides is 1. The number of aliphatic hydroxyl groups is 2. The smallest absolute Gasteiger partial charge is 0.240 e. The van der Waals surface area contributed by atoms with Crippen molar-refractivity contribution in [2.45, 2.75) is 18.5 Å². The summed E-state index contributed by atoms with van der Waals surface area (Å²) in [6.45, 7) is 2.52. The van der Waals surface area contributed by atoms with Crippen molar-refractivity contribution in [2.24, 2.45) is 0 Å². The van der Waals surface area contributed by atoms with Crippen molar-refractivity contribution in [3.05, 3.63) is 0 Å². The number of ether oxygens (including phenoxy) is 1. The second-order valence-electron chi connectivity index (χ2n) is 3.95. The van der Waals surface area contributed by atoms with E-state index in [0.29, 0.717) is 19.8 Å². The van der Waals surface area contributed by atoms with Gasteiger partial charge in [-0.15, -0.1) is 0 Å². The zero-order valence-corrected chi connectivity index (χ0v) is 8.82. The topological polar surface area (TPSA) is 90.8 Å². The molecule has 1 aliphatic rings. The van der Waals surface area contributed by atoms with Crippen molar-refractivity contribution in [3.8, 4) is 0 Å². The lowest BCUT2D eigenvalue weighted by atomic mass is 10.0. The zero-order chi connectivity index (χ0) is 11.3. The third kappa shape index (κ3) is 3.42. The van der Waals surface area contributed by atoms with Gasteiger partial charge in [0.2, 0.25) is 5.91 Å². The molecular formula is C9H18N2O4. The normalized spacial score (nSPS) is 22.5. The zero-order valence-electron chi connectivity index (χ0n) is 8.82. The highest BCUT2D eigenvalue weighted by atomic mass is 16.5. The summed E-state index contributed by atoms with van der Waals surface area (Å²) in [5.41, 5.74) is -0.976. The first-order valence-electron chi connectivity index (χ1n) is 4.96. The van der Waals surface area contributed by atoms with Crippen LogP contribution < -0.4 is 10.6 Å². The highest BCUT2D eigenvalue weighted by Crippen LogP contribution is 2.02. The van der Waals surface area contributed by atoms with E-state index in [1.54, 1.807) is 6.92 Å². The molecule has 1 rings (SSSR count). The molecule has 0 bridgehead atoms. The van der Waals surface area contributed by atoms with Gasteiger partial charge in [0.1, 0.15) is 6.04 Å². The van der Waals surface area contributed by atoms with Crippen molar-refractivity contribution >= 4 is 5.91 Å². The molecule has 1 saturated heterocycles. The number of hydrogen-bond donors (Lipinski definition) is 4. The van der Waals surface area contributed by atoms with Crippen molar-refractivity contribution in [3.63, 3.8) is 0 Å². The first-order chi connectivity index (χ1) is 7.11. The number of morpholine rings is 1. The fourth-order valence-corrected chi connectivity index (χ4v) is 1.25. The molecule has 0 aliphatic carbocycles. The van der Waals surface area contributed by atoms with Gasteiger partial charge in [-0.2, -0.15) is 0 Å². The maximum Gasteiger partial charge on any atom is 0.240 e. The molecule has 0 aromatic heterocycles. The van der Waals surface area contributed by atoms with E-state index < -0.39 is 11.6 Å². The quantitative estimate of drug-likeness (QED) is 0.431. The standard InChI is InChI=1S/C9H18N2O4/c1-9(5-12,6-13)11-8(14)7-4-15-3-2-10-7/h7,10,12-13H,2-6H2,1H3,(H,11,14). The highest BCUT2D eigenvalue weighted by molar-refractivity contribution is 5.82. The maximum absolute atomic E-state index is 11.7. The summed E-state index contributed by atoms with van der Waals surface area (Å²) < 4.78 is 5.14. The number of carbonyl (C=O) groups is 1. The van der Waals surface area contributed by atoms with Gasteiger partial charge in [-0.05, 0) is 6.92 Å². The maximum atomic E-state index is 11.7. The molecule has 1 atom stereocenters. The average molecular weight is 218 g/mol. The summed E-state index contributed by atoms with van der Waals surface area (Å²) in [5.74, 6) is -0.264. The van der Waals surface area contributed by atoms with Crippen LogP contribution in [0.3, 0.4) is 0 Å². The Morgan fingerprint density at radius 1 is 1.60 bits per heavy atom. The number of rotatable bonds is 4. The molecule has 1 aliphatic heterocycles. The lowest BCUT2D eigenvalue weighted by Gasteiger charge is -2.30. The third-order valence-electron chi connectivity index (χ3n) is 2.36. The van der Waals surface area contributed by atoms with E-state index in [2.05, 4.69) is 10.6 Å². The summed E-state index contributed by atoms with van der Waals surface area (Å²) in [7, 11) is 0. The van der Waals surface area contributed by atoms with E-state index in [1.807, 2.05) is 0 Å². The average Bonchev–Trinajstić information content (AvgIpc) is 2.30. The van der Waals surface area contributed by atoms with E-state index in [9.17, 15) is 4.79 Å². The van der Waals surface area contributed by atoms with Gasteiger partial charge >= 0.3 is 0 Å². The van der Waals surface area contributed by atoms with Crippen LogP contribution in [0.25, 0.3) is 0 Å². The minimum atomic E-state index is -0.976. The van der Waals surface area contributed by atoms with Crippen LogP contribution in [-0.2, 0) is 9.53 Å². The summed E-state index contributed by atoms with van der Waals surface area (Å²) in [5, 5.41) is 23.6. The molecule has 1 unspecified atom stereocenters. The Morgan fingerprint density at radius 2 is 2.27 bits per heavy atom. The van der Waals surface area contributed by atoms with Gasteiger partial charge in [0, 0.05) is 6.54 Å². The minimum absolute atomic E-state index is 0.264. The molecule has 1 amide bonds. The largest absolute Gasteiger partial charge is 0.394 e. The van der Waals surface area contributed by atoms with Crippen LogP contribution in [0.4, 0.5) is 0 Å². The van der Waals surface area contributed by atoms with E-state index in [1.165, 1.54) is 0 Å². The summed E-state index contributed by atoms with van der Waals surface area (Å²) in [6.07, 6.45) is 0. The number of carbonyl (C=O) groups excluding carboxylic acids is 1. The SMILES string of the molecule is CC(CO)(CO)NC(=O)C1COCCN1. The molecule has 4 N–H and O–H groups in total. The molecule has 0 aromatic rings. The number of nitrogens with one attached hydrogen (secondary N) is 2. The predicted molar refractivity (Wildman–Crippen MR) is 53.3 cm³/mol. The van der Waals surface area contributed by atoms with Crippen LogP contribution >= 0.6 is 0 Å². The van der Waals surface area contributed by atoms with Gasteiger partial charge in [0.15, 0.2) is 0 Å². The van der Waals surface area contributed by atoms with Gasteiger partial charge in [0.25, 0.3) is 0 Å². The fraction of sp³-hybridized carbons (Fsp3) is 0.889. The van der Waals surface area contributed by atoms with Gasteiger partial charge in [-0.1, -0.05) is 0 Å². The van der Waals surface area contributed by atoms with Crippen molar-refractivity contribution in [2.75, 3.05) is 33.0 Å². The van der Waals surface area contributed by atoms with Crippen molar-refractivity contribution in [1.29, 1.82) is 0 Å². The Hall–Kier alpha value is -0.690. The Balaban J connectivity index is 2.46. The molecule has 0 aromatic carbocycles. The summed E-state index contributed by atoms with van der Waals surface area (Å²) >= 11 is 0. The van der Waals surface area contributed by atoms with Crippen LogP contribution in [0.5, 0.6) is 0 Å². The van der Waals surface area contributed by atoms with Crippen molar-refractivity contribution < 1.29 is 19.7 Å². The predicted octanol–water partition coefficient (Wildman–Crippen LogP) is -2.17. The second-order valence-corrected chi connectivity index (χ2v) is 3.95. The van der Waals surface area contributed by atoms with Crippen LogP contribution in [0.15, 0.2) is 0 Å². The van der Waals surface area contributed by atoms with Crippen LogP contribution in [0, 0.1) is 0 Å². The van der Waals surface area contributed by atoms with Crippen LogP contribution in [0.1, 0.15) is 6.92 Å². The Labute approximate surface area is 88.6 Å². The molecular weight excluding hydrogens is 200 g/mol. The molecule has 1 heterocycles. The Kier molecular flexibility index (Phi) is 4.46. The van der Waals surface area contributed by atoms with Gasteiger partial charge in [-0.25, -0.2) is 0 Å². The Morgan fingerprint density at radius 3 is 2.73 bits per heavy atom. The number of hydrogen-bond acceptors (Lipinski definition) is 5. The molecule has 15 heavy (non-hydrogen) atoms. The summed E-state index contributed by atoms with van der Waals surface area (Å²) in [4.78, 5) is 11.7. The van der Waals surface area contributed by atoms with Crippen LogP contribution in [-0.4, -0.2) is 60.7 Å². The van der Waals surface area contributed by atoms with Crippen LogP contribution in [0.2, 0.25) is 0 Å². The monoisotopic (exact) mass is 218 g/mol. The van der Waals surface area contributed by atoms with E-state index >= 15 is 0 Å². The minimum Gasteiger partial charge on any atom is -0.394 e. The fourth-order valence-electron chi connectivity index (χ4n) is 1.25. The van der Waals surface area contributed by atoms with Gasteiger partial charge in [0.05, 0.1) is 32.0 Å². The van der Waals surface area contributed by atoms with Gasteiger partial charge in [-0.3, -0.25) is 4.79 Å². The third-order valence-corrected chi connectivity index (χ3v) is 2.36. The van der Waals surface area contributed by atoms with Gasteiger partial charge < -0.3 is 25.6 Å². The first-order valence-corrected chi connectivity index (χ1v) is 4.96. The highest BCUT2D eigenvalue weighted by Gasteiger charge is 2.29. The molecule has 88 valence electrons. The Bertz CT molecular complexity index is 212. The molecule has 6 heteroatoms. The number of aliphatic hydroxyl groups excluding tert-OH is 2. The summed E-state index contributed by atoms with van der Waals surface area (Å²) in [6, 6.07) is -0.406. The molecule has 0 spiro atoms. The lowest BCUT2D eigenvalue weighted by molar-refractivity contribution is -0.128. The lowest BCUT2D eigenvalue weighted by Crippen LogP contribution is -2.59. The molecule has 1 fully saturated rings. The van der Waals surface area contributed by atoms with E-state index in [0.717, 1.165) is 0 Å². The molecule has 0 saturated carbocycles. The molecule has 6 nitrogen and oxygen atoms in total. The van der Waals surface area contributed by atoms with E-state index in [4.69, 9.17) is 14.9 Å². The second kappa shape index (κ2) is 5.41.